The molecule has 17 heavy (non-hydrogen) atoms. The molecule has 1 aliphatic carbocycles. The fourth-order valence-corrected chi connectivity index (χ4v) is 2.58. The molecule has 0 heterocycles. The Balaban J connectivity index is 1.82. The van der Waals surface area contributed by atoms with Crippen molar-refractivity contribution in [3.8, 4) is 0 Å². The normalized spacial score (nSPS) is 18.5. The first kappa shape index (κ1) is 10.3. The lowest BCUT2D eigenvalue weighted by atomic mass is 10.00. The second-order valence-electron chi connectivity index (χ2n) is 4.61. The van der Waals surface area contributed by atoms with Crippen LogP contribution in [0.15, 0.2) is 60.7 Å². The first-order valence-corrected chi connectivity index (χ1v) is 6.24. The van der Waals surface area contributed by atoms with Crippen molar-refractivity contribution in [2.75, 3.05) is 0 Å². The van der Waals surface area contributed by atoms with Crippen molar-refractivity contribution in [3.63, 3.8) is 0 Å². The van der Waals surface area contributed by atoms with Crippen LogP contribution in [0.25, 0.3) is 6.08 Å². The van der Waals surface area contributed by atoms with Crippen molar-refractivity contribution in [3.05, 3.63) is 77.4 Å². The molecule has 0 bridgehead atoms. The Morgan fingerprint density at radius 2 is 1.65 bits per heavy atom. The van der Waals surface area contributed by atoms with Crippen LogP contribution in [-0.4, -0.2) is 0 Å². The maximum atomic E-state index is 2.35. The summed E-state index contributed by atoms with van der Waals surface area (Å²) in [5.41, 5.74) is 4.33. The van der Waals surface area contributed by atoms with Crippen LogP contribution >= 0.6 is 0 Å². The number of rotatable bonds is 2. The molecule has 0 heteroatoms. The van der Waals surface area contributed by atoms with E-state index in [1.807, 2.05) is 0 Å². The van der Waals surface area contributed by atoms with Crippen molar-refractivity contribution in [1.29, 1.82) is 0 Å². The fourth-order valence-electron chi connectivity index (χ4n) is 2.58. The van der Waals surface area contributed by atoms with E-state index in [1.54, 1.807) is 0 Å². The molecule has 0 saturated carbocycles. The van der Waals surface area contributed by atoms with Gasteiger partial charge in [-0.2, -0.15) is 0 Å². The third-order valence-electron chi connectivity index (χ3n) is 3.50. The van der Waals surface area contributed by atoms with E-state index >= 15 is 0 Å². The monoisotopic (exact) mass is 220 g/mol. The highest BCUT2D eigenvalue weighted by molar-refractivity contribution is 5.52. The molecule has 84 valence electrons. The molecule has 1 aliphatic rings. The molecule has 0 aromatic heterocycles. The minimum absolute atomic E-state index is 0.603. The van der Waals surface area contributed by atoms with Gasteiger partial charge in [-0.05, 0) is 29.5 Å². The third kappa shape index (κ3) is 2.16. The van der Waals surface area contributed by atoms with Crippen LogP contribution in [0.3, 0.4) is 0 Å². The number of hydrogen-bond acceptors (Lipinski definition) is 0. The van der Waals surface area contributed by atoms with E-state index in [9.17, 15) is 0 Å². The smallest absolute Gasteiger partial charge is 0.00271 e. The minimum atomic E-state index is 0.603. The van der Waals surface area contributed by atoms with Crippen LogP contribution in [0.2, 0.25) is 0 Å². The number of allylic oxidation sites excluding steroid dienone is 1. The summed E-state index contributed by atoms with van der Waals surface area (Å²) < 4.78 is 0. The molecular weight excluding hydrogens is 204 g/mol. The lowest BCUT2D eigenvalue weighted by Gasteiger charge is -2.05. The third-order valence-corrected chi connectivity index (χ3v) is 3.50. The molecule has 0 amide bonds. The van der Waals surface area contributed by atoms with Crippen LogP contribution in [0, 0.1) is 0 Å². The van der Waals surface area contributed by atoms with Crippen LogP contribution in [0.4, 0.5) is 0 Å². The van der Waals surface area contributed by atoms with Gasteiger partial charge in [0.1, 0.15) is 0 Å². The van der Waals surface area contributed by atoms with E-state index < -0.39 is 0 Å². The molecule has 2 aromatic carbocycles. The zero-order chi connectivity index (χ0) is 11.5. The summed E-state index contributed by atoms with van der Waals surface area (Å²) in [6, 6.07) is 19.3. The van der Waals surface area contributed by atoms with Gasteiger partial charge < -0.3 is 0 Å². The number of fused-ring (bicyclic) bond motifs is 1. The molecular formula is C17H16. The van der Waals surface area contributed by atoms with Crippen LogP contribution in [0.5, 0.6) is 0 Å². The molecule has 0 saturated heterocycles. The highest BCUT2D eigenvalue weighted by Crippen LogP contribution is 2.34. The largest absolute Gasteiger partial charge is 0.0764 e. The Hall–Kier alpha value is -1.82. The second-order valence-corrected chi connectivity index (χ2v) is 4.61. The average Bonchev–Trinajstić information content (AvgIpc) is 2.81. The molecule has 0 spiro atoms. The molecule has 0 N–H and O–H groups in total. The molecule has 1 unspecified atom stereocenters. The summed E-state index contributed by atoms with van der Waals surface area (Å²) in [7, 11) is 0. The quantitative estimate of drug-likeness (QED) is 0.702. The maximum Gasteiger partial charge on any atom is 0.00271 e. The van der Waals surface area contributed by atoms with Gasteiger partial charge in [0.05, 0.1) is 0 Å². The van der Waals surface area contributed by atoms with Gasteiger partial charge in [0, 0.05) is 5.92 Å². The Morgan fingerprint density at radius 3 is 2.53 bits per heavy atom. The van der Waals surface area contributed by atoms with Crippen molar-refractivity contribution >= 4 is 6.08 Å². The van der Waals surface area contributed by atoms with E-state index in [0.717, 1.165) is 0 Å². The van der Waals surface area contributed by atoms with Crippen molar-refractivity contribution in [2.45, 2.75) is 18.8 Å². The standard InChI is InChI=1S/C17H16/c1-2-6-14(7-3-1)10-11-16-13-12-15-8-4-5-9-17(15)16/h1-11,16H,12-13H2/b11-10+. The summed E-state index contributed by atoms with van der Waals surface area (Å²) in [6.07, 6.45) is 7.07. The van der Waals surface area contributed by atoms with Crippen LogP contribution < -0.4 is 0 Å². The molecule has 2 aromatic rings. The molecule has 1 atom stereocenters. The Kier molecular flexibility index (Phi) is 2.79. The van der Waals surface area contributed by atoms with Crippen LogP contribution in [0.1, 0.15) is 29.0 Å². The van der Waals surface area contributed by atoms with E-state index in [0.29, 0.717) is 5.92 Å². The summed E-state index contributed by atoms with van der Waals surface area (Å²) >= 11 is 0. The number of aryl methyl sites for hydroxylation is 1. The molecule has 0 radical (unpaired) electrons. The van der Waals surface area contributed by atoms with Gasteiger partial charge in [-0.15, -0.1) is 0 Å². The fraction of sp³-hybridized carbons (Fsp3) is 0.176. The van der Waals surface area contributed by atoms with Gasteiger partial charge in [0.2, 0.25) is 0 Å². The van der Waals surface area contributed by atoms with Gasteiger partial charge in [-0.1, -0.05) is 66.7 Å². The van der Waals surface area contributed by atoms with Crippen molar-refractivity contribution < 1.29 is 0 Å². The Morgan fingerprint density at radius 1 is 0.882 bits per heavy atom. The van der Waals surface area contributed by atoms with Crippen molar-refractivity contribution in [2.24, 2.45) is 0 Å². The summed E-state index contributed by atoms with van der Waals surface area (Å²) in [6.45, 7) is 0. The second kappa shape index (κ2) is 4.58. The maximum absolute atomic E-state index is 2.35. The summed E-state index contributed by atoms with van der Waals surface area (Å²) in [4.78, 5) is 0. The molecule has 0 fully saturated rings. The van der Waals surface area contributed by atoms with Crippen molar-refractivity contribution in [1.82, 2.24) is 0 Å². The lowest BCUT2D eigenvalue weighted by molar-refractivity contribution is 0.817. The zero-order valence-corrected chi connectivity index (χ0v) is 9.84. The molecule has 0 aliphatic heterocycles. The molecule has 3 rings (SSSR count). The zero-order valence-electron chi connectivity index (χ0n) is 9.84. The highest BCUT2D eigenvalue weighted by atomic mass is 14.2. The SMILES string of the molecule is C(=C\C1CCc2ccccc21)/c1ccccc1. The van der Waals surface area contributed by atoms with E-state index in [2.05, 4.69) is 66.7 Å². The van der Waals surface area contributed by atoms with Crippen LogP contribution in [-0.2, 0) is 6.42 Å². The number of benzene rings is 2. The summed E-state index contributed by atoms with van der Waals surface area (Å²) in [5.74, 6) is 0.603. The van der Waals surface area contributed by atoms with Gasteiger partial charge in [-0.3, -0.25) is 0 Å². The highest BCUT2D eigenvalue weighted by Gasteiger charge is 2.18. The lowest BCUT2D eigenvalue weighted by Crippen LogP contribution is -1.87. The first-order valence-electron chi connectivity index (χ1n) is 6.24. The Labute approximate surface area is 103 Å². The van der Waals surface area contributed by atoms with E-state index in [-0.39, 0.29) is 0 Å². The summed E-state index contributed by atoms with van der Waals surface area (Å²) in [5, 5.41) is 0. The Bertz CT molecular complexity index is 523. The minimum Gasteiger partial charge on any atom is -0.0764 e. The predicted octanol–water partition coefficient (Wildman–Crippen LogP) is 4.43. The van der Waals surface area contributed by atoms with E-state index in [4.69, 9.17) is 0 Å². The van der Waals surface area contributed by atoms with Gasteiger partial charge in [0.25, 0.3) is 0 Å². The van der Waals surface area contributed by atoms with E-state index in [1.165, 1.54) is 29.5 Å². The topological polar surface area (TPSA) is 0 Å². The number of hydrogen-bond donors (Lipinski definition) is 0. The average molecular weight is 220 g/mol. The van der Waals surface area contributed by atoms with Gasteiger partial charge in [-0.25, -0.2) is 0 Å². The predicted molar refractivity (Wildman–Crippen MR) is 73.0 cm³/mol. The first-order chi connectivity index (χ1) is 8.43. The van der Waals surface area contributed by atoms with Gasteiger partial charge >= 0.3 is 0 Å². The molecule has 0 nitrogen and oxygen atoms in total. The van der Waals surface area contributed by atoms with Gasteiger partial charge in [0.15, 0.2) is 0 Å².